The van der Waals surface area contributed by atoms with Gasteiger partial charge in [0.05, 0.1) is 6.54 Å². The molecule has 2 atom stereocenters. The highest BCUT2D eigenvalue weighted by atomic mass is 16.6. The molecule has 7 nitrogen and oxygen atoms in total. The Kier molecular flexibility index (Phi) is 6.13. The molecule has 1 saturated heterocycles. The van der Waals surface area contributed by atoms with Gasteiger partial charge in [-0.25, -0.2) is 0 Å². The molecule has 0 bridgehead atoms. The Morgan fingerprint density at radius 2 is 1.55 bits per heavy atom. The molecule has 4 rings (SSSR count). The molecule has 0 radical (unpaired) electrons. The first-order valence-corrected chi connectivity index (χ1v) is 10.7. The summed E-state index contributed by atoms with van der Waals surface area (Å²) in [4.78, 5) is 29.5. The lowest BCUT2D eigenvalue weighted by Crippen LogP contribution is -2.56. The second kappa shape index (κ2) is 8.98. The van der Waals surface area contributed by atoms with Crippen LogP contribution in [0.3, 0.4) is 0 Å². The number of hydrogen-bond donors (Lipinski definition) is 1. The fraction of sp³-hybridized carbons (Fsp3) is 0.417. The van der Waals surface area contributed by atoms with Crippen LogP contribution in [-0.4, -0.2) is 66.5 Å². The first kappa shape index (κ1) is 21.2. The zero-order valence-electron chi connectivity index (χ0n) is 18.3. The van der Waals surface area contributed by atoms with Crippen LogP contribution in [0.15, 0.2) is 42.5 Å². The number of carbonyl (C=O) groups excluding carboxylic acids is 2. The lowest BCUT2D eigenvalue weighted by Gasteiger charge is -2.38. The van der Waals surface area contributed by atoms with Gasteiger partial charge in [-0.05, 0) is 44.0 Å². The lowest BCUT2D eigenvalue weighted by atomic mass is 10.1. The summed E-state index contributed by atoms with van der Waals surface area (Å²) in [5.41, 5.74) is 2.98. The van der Waals surface area contributed by atoms with E-state index in [0.29, 0.717) is 44.2 Å². The average molecular weight is 424 g/mol. The highest BCUT2D eigenvalue weighted by Gasteiger charge is 2.37. The Labute approximate surface area is 182 Å². The van der Waals surface area contributed by atoms with Crippen LogP contribution < -0.4 is 14.8 Å². The predicted octanol–water partition coefficient (Wildman–Crippen LogP) is 2.61. The third-order valence-electron chi connectivity index (χ3n) is 5.88. The molecule has 1 N–H and O–H groups in total. The van der Waals surface area contributed by atoms with Gasteiger partial charge in [0.15, 0.2) is 11.5 Å². The quantitative estimate of drug-likeness (QED) is 0.819. The maximum Gasteiger partial charge on any atom is 0.267 e. The third-order valence-corrected chi connectivity index (χ3v) is 5.88. The van der Waals surface area contributed by atoms with Gasteiger partial charge in [0.1, 0.15) is 6.10 Å². The van der Waals surface area contributed by atoms with Gasteiger partial charge in [-0.2, -0.15) is 0 Å². The lowest BCUT2D eigenvalue weighted by molar-refractivity contribution is -0.146. The van der Waals surface area contributed by atoms with Gasteiger partial charge in [-0.1, -0.05) is 30.3 Å². The zero-order valence-corrected chi connectivity index (χ0v) is 18.3. The van der Waals surface area contributed by atoms with Crippen LogP contribution in [0.1, 0.15) is 18.1 Å². The first-order chi connectivity index (χ1) is 14.9. The normalized spacial score (nSPS) is 20.9. The van der Waals surface area contributed by atoms with Gasteiger partial charge in [-0.15, -0.1) is 0 Å². The molecule has 0 saturated carbocycles. The average Bonchev–Trinajstić information content (AvgIpc) is 2.76. The van der Waals surface area contributed by atoms with E-state index in [1.807, 2.05) is 63.2 Å². The van der Waals surface area contributed by atoms with Crippen molar-refractivity contribution in [2.45, 2.75) is 33.0 Å². The Morgan fingerprint density at radius 3 is 2.19 bits per heavy atom. The summed E-state index contributed by atoms with van der Waals surface area (Å²) in [7, 11) is 0. The molecule has 7 heteroatoms. The number of fused-ring (bicyclic) bond motifs is 1. The number of para-hydroxylation sites is 3. The topological polar surface area (TPSA) is 71.1 Å². The van der Waals surface area contributed by atoms with Crippen LogP contribution in [0.4, 0.5) is 5.69 Å². The number of carbonyl (C=O) groups is 2. The fourth-order valence-electron chi connectivity index (χ4n) is 4.09. The highest BCUT2D eigenvalue weighted by molar-refractivity contribution is 5.93. The highest BCUT2D eigenvalue weighted by Crippen LogP contribution is 2.34. The number of ether oxygens (including phenoxy) is 2. The standard InChI is InChI=1S/C24H29N3O4/c1-16-7-6-8-17(2)22(16)25-21(28)15-26-11-13-27(14-12-26)24(29)23-18(3)30-19-9-4-5-10-20(19)31-23/h4-10,18,23H,11-15H2,1-3H3,(H,25,28). The number of hydrogen-bond acceptors (Lipinski definition) is 5. The van der Waals surface area contributed by atoms with Crippen molar-refractivity contribution >= 4 is 17.5 Å². The van der Waals surface area contributed by atoms with Gasteiger partial charge in [0, 0.05) is 31.9 Å². The molecule has 31 heavy (non-hydrogen) atoms. The summed E-state index contributed by atoms with van der Waals surface area (Å²) in [6, 6.07) is 13.4. The van der Waals surface area contributed by atoms with Gasteiger partial charge in [-0.3, -0.25) is 14.5 Å². The van der Waals surface area contributed by atoms with Crippen molar-refractivity contribution < 1.29 is 19.1 Å². The Morgan fingerprint density at radius 1 is 0.935 bits per heavy atom. The molecule has 2 aliphatic rings. The van der Waals surface area contributed by atoms with Crippen LogP contribution in [0, 0.1) is 13.8 Å². The number of nitrogens with one attached hydrogen (secondary N) is 1. The molecule has 1 fully saturated rings. The van der Waals surface area contributed by atoms with Gasteiger partial charge < -0.3 is 19.7 Å². The summed E-state index contributed by atoms with van der Waals surface area (Å²) < 4.78 is 11.8. The Balaban J connectivity index is 1.29. The van der Waals surface area contributed by atoms with Crippen LogP contribution in [0.25, 0.3) is 0 Å². The number of benzene rings is 2. The van der Waals surface area contributed by atoms with Crippen molar-refractivity contribution in [3.05, 3.63) is 53.6 Å². The molecule has 2 aromatic rings. The predicted molar refractivity (Wildman–Crippen MR) is 119 cm³/mol. The second-order valence-electron chi connectivity index (χ2n) is 8.22. The smallest absolute Gasteiger partial charge is 0.267 e. The van der Waals surface area contributed by atoms with Crippen molar-refractivity contribution in [1.82, 2.24) is 9.80 Å². The Hall–Kier alpha value is -3.06. The van der Waals surface area contributed by atoms with E-state index >= 15 is 0 Å². The largest absolute Gasteiger partial charge is 0.482 e. The number of nitrogens with zero attached hydrogens (tertiary/aromatic N) is 2. The molecule has 2 heterocycles. The second-order valence-corrected chi connectivity index (χ2v) is 8.22. The number of anilines is 1. The first-order valence-electron chi connectivity index (χ1n) is 10.7. The van der Waals surface area contributed by atoms with E-state index in [1.165, 1.54) is 0 Å². The van der Waals surface area contributed by atoms with Crippen LogP contribution in [0.5, 0.6) is 11.5 Å². The number of amides is 2. The van der Waals surface area contributed by atoms with Crippen LogP contribution in [-0.2, 0) is 9.59 Å². The van der Waals surface area contributed by atoms with E-state index in [9.17, 15) is 9.59 Å². The minimum Gasteiger partial charge on any atom is -0.482 e. The maximum atomic E-state index is 13.0. The molecule has 0 aromatic heterocycles. The van der Waals surface area contributed by atoms with E-state index < -0.39 is 6.10 Å². The summed E-state index contributed by atoms with van der Waals surface area (Å²) in [5.74, 6) is 1.16. The third kappa shape index (κ3) is 4.66. The van der Waals surface area contributed by atoms with Crippen molar-refractivity contribution in [3.63, 3.8) is 0 Å². The van der Waals surface area contributed by atoms with E-state index in [4.69, 9.17) is 9.47 Å². The summed E-state index contributed by atoms with van der Waals surface area (Å²) in [6.07, 6.45) is -1.02. The SMILES string of the molecule is Cc1cccc(C)c1NC(=O)CN1CCN(C(=O)C2Oc3ccccc3OC2C)CC1. The molecular weight excluding hydrogens is 394 g/mol. The van der Waals surface area contributed by atoms with Crippen molar-refractivity contribution in [1.29, 1.82) is 0 Å². The van der Waals surface area contributed by atoms with E-state index in [2.05, 4.69) is 10.2 Å². The molecule has 2 aromatic carbocycles. The van der Waals surface area contributed by atoms with Crippen LogP contribution >= 0.6 is 0 Å². The van der Waals surface area contributed by atoms with Crippen molar-refractivity contribution in [2.75, 3.05) is 38.0 Å². The molecular formula is C24H29N3O4. The summed E-state index contributed by atoms with van der Waals surface area (Å²) in [5, 5.41) is 3.03. The minimum atomic E-state index is -0.659. The van der Waals surface area contributed by atoms with Crippen molar-refractivity contribution in [3.8, 4) is 11.5 Å². The molecule has 2 aliphatic heterocycles. The number of rotatable bonds is 4. The monoisotopic (exact) mass is 423 g/mol. The van der Waals surface area contributed by atoms with Gasteiger partial charge in [0.2, 0.25) is 12.0 Å². The molecule has 2 amide bonds. The fourth-order valence-corrected chi connectivity index (χ4v) is 4.09. The van der Waals surface area contributed by atoms with E-state index in [-0.39, 0.29) is 17.9 Å². The number of aryl methyl sites for hydroxylation is 2. The maximum absolute atomic E-state index is 13.0. The number of piperazine rings is 1. The van der Waals surface area contributed by atoms with E-state index in [0.717, 1.165) is 16.8 Å². The van der Waals surface area contributed by atoms with Crippen LogP contribution in [0.2, 0.25) is 0 Å². The van der Waals surface area contributed by atoms with Gasteiger partial charge >= 0.3 is 0 Å². The molecule has 0 spiro atoms. The minimum absolute atomic E-state index is 0.0357. The summed E-state index contributed by atoms with van der Waals surface area (Å²) >= 11 is 0. The molecule has 164 valence electrons. The van der Waals surface area contributed by atoms with Crippen molar-refractivity contribution in [2.24, 2.45) is 0 Å². The zero-order chi connectivity index (χ0) is 22.0. The van der Waals surface area contributed by atoms with Gasteiger partial charge in [0.25, 0.3) is 5.91 Å². The molecule has 2 unspecified atom stereocenters. The Bertz CT molecular complexity index is 949. The molecule has 0 aliphatic carbocycles. The summed E-state index contributed by atoms with van der Waals surface area (Å²) in [6.45, 7) is 8.55. The van der Waals surface area contributed by atoms with E-state index in [1.54, 1.807) is 4.90 Å².